The van der Waals surface area contributed by atoms with E-state index in [1.54, 1.807) is 0 Å². The topological polar surface area (TPSA) is 37.4 Å². The van der Waals surface area contributed by atoms with Gasteiger partial charge in [-0.05, 0) is 13.5 Å². The predicted molar refractivity (Wildman–Crippen MR) is 48.6 cm³/mol. The molecule has 1 saturated heterocycles. The van der Waals surface area contributed by atoms with Crippen molar-refractivity contribution in [3.8, 4) is 0 Å². The van der Waals surface area contributed by atoms with Crippen LogP contribution in [-0.2, 0) is 9.84 Å². The molecule has 1 aliphatic rings. The van der Waals surface area contributed by atoms with Crippen molar-refractivity contribution in [2.75, 3.05) is 24.0 Å². The molecule has 66 valence electrons. The number of hydrogen-bond acceptors (Lipinski definition) is 3. The first-order valence-corrected chi connectivity index (χ1v) is 6.46. The average Bonchev–Trinajstić information content (AvgIpc) is 2.29. The van der Waals surface area contributed by atoms with Gasteiger partial charge in [-0.2, -0.15) is 0 Å². The van der Waals surface area contributed by atoms with Crippen LogP contribution in [0.2, 0.25) is 0 Å². The largest absolute Gasteiger partial charge is 0.293 e. The number of sulfone groups is 1. The number of hydrogen-bond donors (Lipinski definition) is 0. The molecule has 1 unspecified atom stereocenters. The molecule has 0 amide bonds. The third-order valence-corrected chi connectivity index (χ3v) is 4.56. The molecule has 0 aromatic heterocycles. The van der Waals surface area contributed by atoms with Gasteiger partial charge in [-0.3, -0.25) is 4.90 Å². The Morgan fingerprint density at radius 3 is 2.64 bits per heavy atom. The molecular formula is C6H12BrNO2S. The molecule has 1 atom stereocenters. The van der Waals surface area contributed by atoms with Crippen LogP contribution < -0.4 is 0 Å². The first-order valence-electron chi connectivity index (χ1n) is 3.52. The first-order chi connectivity index (χ1) is 5.05. The van der Waals surface area contributed by atoms with Crippen LogP contribution in [0.4, 0.5) is 0 Å². The van der Waals surface area contributed by atoms with Gasteiger partial charge in [-0.15, -0.1) is 0 Å². The summed E-state index contributed by atoms with van der Waals surface area (Å²) in [5.41, 5.74) is 0.743. The SMILES string of the molecule is CN(CBr)C1CCS(=O)(=O)C1. The molecule has 0 bridgehead atoms. The molecule has 0 radical (unpaired) electrons. The maximum Gasteiger partial charge on any atom is 0.151 e. The fourth-order valence-electron chi connectivity index (χ4n) is 1.22. The van der Waals surface area contributed by atoms with Crippen molar-refractivity contribution in [1.82, 2.24) is 4.90 Å². The average molecular weight is 242 g/mol. The van der Waals surface area contributed by atoms with Crippen molar-refractivity contribution < 1.29 is 8.42 Å². The lowest BCUT2D eigenvalue weighted by Crippen LogP contribution is -2.31. The molecule has 0 N–H and O–H groups in total. The molecule has 1 rings (SSSR count). The van der Waals surface area contributed by atoms with Crippen LogP contribution in [0, 0.1) is 0 Å². The highest BCUT2D eigenvalue weighted by Gasteiger charge is 2.29. The second kappa shape index (κ2) is 3.41. The van der Waals surface area contributed by atoms with Gasteiger partial charge in [0.25, 0.3) is 0 Å². The van der Waals surface area contributed by atoms with Crippen molar-refractivity contribution in [1.29, 1.82) is 0 Å². The van der Waals surface area contributed by atoms with E-state index in [0.29, 0.717) is 11.5 Å². The summed E-state index contributed by atoms with van der Waals surface area (Å²) in [6.45, 7) is 0. The number of nitrogens with zero attached hydrogens (tertiary/aromatic N) is 1. The molecule has 0 aromatic carbocycles. The highest BCUT2D eigenvalue weighted by molar-refractivity contribution is 9.09. The van der Waals surface area contributed by atoms with Gasteiger partial charge in [0.05, 0.1) is 17.0 Å². The number of rotatable bonds is 2. The summed E-state index contributed by atoms with van der Waals surface area (Å²) in [5.74, 6) is 0.685. The predicted octanol–water partition coefficient (Wildman–Crippen LogP) is 0.458. The molecule has 1 fully saturated rings. The van der Waals surface area contributed by atoms with Crippen LogP contribution in [0.5, 0.6) is 0 Å². The van der Waals surface area contributed by atoms with E-state index in [1.165, 1.54) is 0 Å². The maximum atomic E-state index is 11.0. The van der Waals surface area contributed by atoms with E-state index < -0.39 is 9.84 Å². The molecule has 0 aromatic rings. The Morgan fingerprint density at radius 1 is 1.64 bits per heavy atom. The normalized spacial score (nSPS) is 29.5. The zero-order valence-electron chi connectivity index (χ0n) is 6.46. The Morgan fingerprint density at radius 2 is 2.27 bits per heavy atom. The van der Waals surface area contributed by atoms with Crippen molar-refractivity contribution in [3.05, 3.63) is 0 Å². The first kappa shape index (κ1) is 9.48. The van der Waals surface area contributed by atoms with Crippen molar-refractivity contribution in [2.45, 2.75) is 12.5 Å². The zero-order valence-corrected chi connectivity index (χ0v) is 8.86. The van der Waals surface area contributed by atoms with Crippen molar-refractivity contribution >= 4 is 25.8 Å². The van der Waals surface area contributed by atoms with Crippen LogP contribution in [0.25, 0.3) is 0 Å². The van der Waals surface area contributed by atoms with Crippen LogP contribution in [0.3, 0.4) is 0 Å². The summed E-state index contributed by atoms with van der Waals surface area (Å²) in [7, 11) is -0.782. The lowest BCUT2D eigenvalue weighted by Gasteiger charge is -2.19. The van der Waals surface area contributed by atoms with E-state index in [4.69, 9.17) is 0 Å². The standard InChI is InChI=1S/C6H12BrNO2S/c1-8(5-7)6-2-3-11(9,10)4-6/h6H,2-5H2,1H3. The highest BCUT2D eigenvalue weighted by atomic mass is 79.9. The molecular weight excluding hydrogens is 230 g/mol. The summed E-state index contributed by atoms with van der Waals surface area (Å²) >= 11 is 3.29. The smallest absolute Gasteiger partial charge is 0.151 e. The third kappa shape index (κ3) is 2.42. The summed E-state index contributed by atoms with van der Waals surface area (Å²) < 4.78 is 22.0. The minimum Gasteiger partial charge on any atom is -0.293 e. The fourth-order valence-corrected chi connectivity index (χ4v) is 3.44. The van der Waals surface area contributed by atoms with Crippen LogP contribution >= 0.6 is 15.9 Å². The number of alkyl halides is 1. The van der Waals surface area contributed by atoms with Gasteiger partial charge in [0.1, 0.15) is 0 Å². The Kier molecular flexibility index (Phi) is 2.94. The van der Waals surface area contributed by atoms with E-state index in [-0.39, 0.29) is 6.04 Å². The van der Waals surface area contributed by atoms with Crippen molar-refractivity contribution in [2.24, 2.45) is 0 Å². The molecule has 0 saturated carbocycles. The molecule has 1 aliphatic heterocycles. The molecule has 11 heavy (non-hydrogen) atoms. The van der Waals surface area contributed by atoms with Gasteiger partial charge in [0, 0.05) is 6.04 Å². The lowest BCUT2D eigenvalue weighted by molar-refractivity contribution is 0.310. The summed E-state index contributed by atoms with van der Waals surface area (Å²) in [4.78, 5) is 2.02. The second-order valence-corrected chi connectivity index (χ2v) is 5.66. The summed E-state index contributed by atoms with van der Waals surface area (Å²) in [5, 5.41) is 0. The van der Waals surface area contributed by atoms with E-state index in [2.05, 4.69) is 15.9 Å². The van der Waals surface area contributed by atoms with E-state index >= 15 is 0 Å². The van der Waals surface area contributed by atoms with E-state index in [1.807, 2.05) is 11.9 Å². The maximum absolute atomic E-state index is 11.0. The quantitative estimate of drug-likeness (QED) is 0.521. The zero-order chi connectivity index (χ0) is 8.48. The minimum atomic E-state index is -2.71. The molecule has 0 aliphatic carbocycles. The van der Waals surface area contributed by atoms with Gasteiger partial charge in [-0.25, -0.2) is 8.42 Å². The van der Waals surface area contributed by atoms with Crippen LogP contribution in [0.1, 0.15) is 6.42 Å². The molecule has 0 spiro atoms. The molecule has 5 heteroatoms. The van der Waals surface area contributed by atoms with Crippen LogP contribution in [0.15, 0.2) is 0 Å². The van der Waals surface area contributed by atoms with Gasteiger partial charge in [0.2, 0.25) is 0 Å². The molecule has 3 nitrogen and oxygen atoms in total. The van der Waals surface area contributed by atoms with E-state index in [0.717, 1.165) is 11.9 Å². The van der Waals surface area contributed by atoms with E-state index in [9.17, 15) is 8.42 Å². The fraction of sp³-hybridized carbons (Fsp3) is 1.00. The Labute approximate surface area is 75.8 Å². The van der Waals surface area contributed by atoms with Gasteiger partial charge < -0.3 is 0 Å². The number of halogens is 1. The van der Waals surface area contributed by atoms with Gasteiger partial charge in [0.15, 0.2) is 9.84 Å². The minimum absolute atomic E-state index is 0.222. The monoisotopic (exact) mass is 241 g/mol. The lowest BCUT2D eigenvalue weighted by atomic mass is 10.2. The molecule has 1 heterocycles. The Bertz CT molecular complexity index is 227. The summed E-state index contributed by atoms with van der Waals surface area (Å²) in [6.07, 6.45) is 0.782. The second-order valence-electron chi connectivity index (χ2n) is 2.93. The summed E-state index contributed by atoms with van der Waals surface area (Å²) in [6, 6.07) is 0.222. The Balaban J connectivity index is 2.55. The third-order valence-electron chi connectivity index (χ3n) is 2.02. The Hall–Kier alpha value is 0.390. The highest BCUT2D eigenvalue weighted by Crippen LogP contribution is 2.16. The van der Waals surface area contributed by atoms with Gasteiger partial charge >= 0.3 is 0 Å². The van der Waals surface area contributed by atoms with Crippen molar-refractivity contribution in [3.63, 3.8) is 0 Å². The van der Waals surface area contributed by atoms with Crippen LogP contribution in [-0.4, -0.2) is 43.4 Å². The van der Waals surface area contributed by atoms with Gasteiger partial charge in [-0.1, -0.05) is 15.9 Å².